The summed E-state index contributed by atoms with van der Waals surface area (Å²) in [5.41, 5.74) is 0.134. The normalized spacial score (nSPS) is 50.8. The van der Waals surface area contributed by atoms with E-state index in [1.54, 1.807) is 0 Å². The highest BCUT2D eigenvalue weighted by Crippen LogP contribution is 2.70. The molecule has 178 valence electrons. The number of unbranched alkanes of at least 4 members (excludes halogenated alkanes) is 3. The van der Waals surface area contributed by atoms with E-state index in [0.717, 1.165) is 62.6 Å². The molecule has 5 rings (SSSR count). The van der Waals surface area contributed by atoms with Gasteiger partial charge < -0.3 is 14.6 Å². The number of hydrogen-bond donors (Lipinski definition) is 1. The van der Waals surface area contributed by atoms with Gasteiger partial charge in [0, 0.05) is 12.8 Å². The molecule has 8 atom stereocenters. The molecule has 1 N–H and O–H groups in total. The van der Waals surface area contributed by atoms with Crippen LogP contribution in [0, 0.1) is 40.4 Å². The molecule has 0 bridgehead atoms. The summed E-state index contributed by atoms with van der Waals surface area (Å²) in [6, 6.07) is 0. The second kappa shape index (κ2) is 7.98. The molecule has 1 aliphatic heterocycles. The highest BCUT2D eigenvalue weighted by atomic mass is 16.7. The first kappa shape index (κ1) is 22.7. The number of hydrogen-bond acceptors (Lipinski definition) is 3. The minimum absolute atomic E-state index is 0.139. The first-order chi connectivity index (χ1) is 14.8. The summed E-state index contributed by atoms with van der Waals surface area (Å²) in [6.07, 6.45) is 15.9. The topological polar surface area (TPSA) is 38.7 Å². The fourth-order valence-electron chi connectivity index (χ4n) is 9.80. The fraction of sp³-hybridized carbons (Fsp3) is 1.00. The summed E-state index contributed by atoms with van der Waals surface area (Å²) in [4.78, 5) is 0. The Morgan fingerprint density at radius 1 is 0.871 bits per heavy atom. The predicted octanol–water partition coefficient (Wildman–Crippen LogP) is 6.72. The van der Waals surface area contributed by atoms with Gasteiger partial charge in [0.2, 0.25) is 0 Å². The van der Waals surface area contributed by atoms with E-state index in [0.29, 0.717) is 11.3 Å². The van der Waals surface area contributed by atoms with Crippen molar-refractivity contribution >= 4 is 0 Å². The van der Waals surface area contributed by atoms with Crippen LogP contribution in [0.4, 0.5) is 0 Å². The van der Waals surface area contributed by atoms with Gasteiger partial charge in [-0.25, -0.2) is 0 Å². The summed E-state index contributed by atoms with van der Waals surface area (Å²) >= 11 is 0. The molecule has 0 unspecified atom stereocenters. The van der Waals surface area contributed by atoms with Crippen molar-refractivity contribution in [3.63, 3.8) is 0 Å². The van der Waals surface area contributed by atoms with Gasteiger partial charge in [-0.15, -0.1) is 0 Å². The molecule has 1 spiro atoms. The predicted molar refractivity (Wildman–Crippen MR) is 125 cm³/mol. The van der Waals surface area contributed by atoms with E-state index in [2.05, 4.69) is 27.7 Å². The quantitative estimate of drug-likeness (QED) is 0.490. The first-order valence-electron chi connectivity index (χ1n) is 13.8. The van der Waals surface area contributed by atoms with Crippen LogP contribution in [-0.4, -0.2) is 29.7 Å². The molecule has 5 aliphatic rings. The van der Waals surface area contributed by atoms with Gasteiger partial charge in [-0.1, -0.05) is 53.4 Å². The van der Waals surface area contributed by atoms with Crippen molar-refractivity contribution in [1.82, 2.24) is 0 Å². The van der Waals surface area contributed by atoms with E-state index in [1.165, 1.54) is 57.8 Å². The number of ether oxygens (including phenoxy) is 2. The van der Waals surface area contributed by atoms with Crippen LogP contribution in [0.15, 0.2) is 0 Å². The van der Waals surface area contributed by atoms with E-state index >= 15 is 0 Å². The maximum atomic E-state index is 11.9. The van der Waals surface area contributed by atoms with E-state index in [4.69, 9.17) is 9.47 Å². The Morgan fingerprint density at radius 2 is 1.61 bits per heavy atom. The van der Waals surface area contributed by atoms with E-state index in [-0.39, 0.29) is 11.2 Å². The van der Waals surface area contributed by atoms with Crippen molar-refractivity contribution in [3.8, 4) is 0 Å². The second-order valence-electron chi connectivity index (χ2n) is 12.8. The Bertz CT molecular complexity index is 657. The monoisotopic (exact) mass is 432 g/mol. The lowest BCUT2D eigenvalue weighted by Gasteiger charge is -2.64. The maximum Gasteiger partial charge on any atom is 0.169 e. The lowest BCUT2D eigenvalue weighted by molar-refractivity contribution is -0.250. The number of fused-ring (bicyclic) bond motifs is 5. The van der Waals surface area contributed by atoms with E-state index < -0.39 is 5.60 Å². The molecular formula is C28H48O3. The molecule has 0 aromatic rings. The summed E-state index contributed by atoms with van der Waals surface area (Å²) in [5.74, 6) is 3.46. The van der Waals surface area contributed by atoms with Crippen LogP contribution >= 0.6 is 0 Å². The third-order valence-corrected chi connectivity index (χ3v) is 11.8. The molecule has 3 nitrogen and oxygen atoms in total. The van der Waals surface area contributed by atoms with Gasteiger partial charge in [-0.2, -0.15) is 0 Å². The van der Waals surface area contributed by atoms with Crippen molar-refractivity contribution in [2.75, 3.05) is 13.2 Å². The minimum atomic E-state index is -0.415. The average Bonchev–Trinajstić information content (AvgIpc) is 3.29. The highest BCUT2D eigenvalue weighted by Gasteiger charge is 2.66. The SMILES string of the molecule is CCCCCC[C@]1(O)CC[C@H]2[C@@H]3CC[C@H]4CC5(C[C@H](C)[C@]4(C)[C@H]3CC[C@@]21C)OCCO5. The van der Waals surface area contributed by atoms with Gasteiger partial charge in [0.05, 0.1) is 18.8 Å². The Morgan fingerprint density at radius 3 is 2.35 bits per heavy atom. The van der Waals surface area contributed by atoms with Gasteiger partial charge in [0.25, 0.3) is 0 Å². The molecule has 0 amide bonds. The van der Waals surface area contributed by atoms with Crippen LogP contribution in [-0.2, 0) is 9.47 Å². The van der Waals surface area contributed by atoms with Gasteiger partial charge in [-0.05, 0) is 85.4 Å². The molecule has 4 saturated carbocycles. The third kappa shape index (κ3) is 3.30. The smallest absolute Gasteiger partial charge is 0.169 e. The summed E-state index contributed by atoms with van der Waals surface area (Å²) in [6.45, 7) is 11.4. The zero-order valence-electron chi connectivity index (χ0n) is 20.8. The van der Waals surface area contributed by atoms with Gasteiger partial charge >= 0.3 is 0 Å². The fourth-order valence-corrected chi connectivity index (χ4v) is 9.80. The number of aliphatic hydroxyl groups is 1. The Kier molecular flexibility index (Phi) is 5.83. The first-order valence-corrected chi connectivity index (χ1v) is 13.8. The molecular weight excluding hydrogens is 384 g/mol. The van der Waals surface area contributed by atoms with Crippen molar-refractivity contribution < 1.29 is 14.6 Å². The Balaban J connectivity index is 1.34. The molecule has 0 aromatic carbocycles. The maximum absolute atomic E-state index is 11.9. The summed E-state index contributed by atoms with van der Waals surface area (Å²) in [7, 11) is 0. The lowest BCUT2D eigenvalue weighted by atomic mass is 9.42. The molecule has 1 saturated heterocycles. The largest absolute Gasteiger partial charge is 0.389 e. The van der Waals surface area contributed by atoms with Crippen LogP contribution in [0.3, 0.4) is 0 Å². The summed E-state index contributed by atoms with van der Waals surface area (Å²) < 4.78 is 12.4. The molecule has 3 heteroatoms. The van der Waals surface area contributed by atoms with Crippen LogP contribution in [0.25, 0.3) is 0 Å². The van der Waals surface area contributed by atoms with Gasteiger partial charge in [-0.3, -0.25) is 0 Å². The molecule has 4 aliphatic carbocycles. The van der Waals surface area contributed by atoms with E-state index in [1.807, 2.05) is 0 Å². The lowest BCUT2D eigenvalue weighted by Crippen LogP contribution is -2.60. The van der Waals surface area contributed by atoms with Crippen LogP contribution < -0.4 is 0 Å². The zero-order valence-corrected chi connectivity index (χ0v) is 20.8. The molecule has 0 aromatic heterocycles. The Labute approximate surface area is 191 Å². The van der Waals surface area contributed by atoms with Crippen molar-refractivity contribution in [2.45, 2.75) is 123 Å². The molecule has 1 heterocycles. The standard InChI is InChI=1S/C28H48O3/c1-5-6-7-8-13-27(29)15-12-23-22-10-9-21-19-28(30-16-17-31-28)18-20(2)26(21,4)24(22)11-14-25(23,27)3/h20-24,29H,5-19H2,1-4H3/t20-,21-,22-,23-,24-,25-,26-,27-/m0/s1. The number of rotatable bonds is 5. The van der Waals surface area contributed by atoms with Crippen molar-refractivity contribution in [2.24, 2.45) is 40.4 Å². The van der Waals surface area contributed by atoms with Gasteiger partial charge in [0.1, 0.15) is 0 Å². The second-order valence-corrected chi connectivity index (χ2v) is 12.8. The third-order valence-electron chi connectivity index (χ3n) is 11.8. The van der Waals surface area contributed by atoms with Crippen molar-refractivity contribution in [1.29, 1.82) is 0 Å². The summed E-state index contributed by atoms with van der Waals surface area (Å²) in [5, 5.41) is 11.9. The average molecular weight is 433 g/mol. The van der Waals surface area contributed by atoms with E-state index in [9.17, 15) is 5.11 Å². The molecule has 5 fully saturated rings. The van der Waals surface area contributed by atoms with Gasteiger partial charge in [0.15, 0.2) is 5.79 Å². The van der Waals surface area contributed by atoms with Crippen molar-refractivity contribution in [3.05, 3.63) is 0 Å². The van der Waals surface area contributed by atoms with Crippen LogP contribution in [0.1, 0.15) is 111 Å². The zero-order chi connectivity index (χ0) is 21.9. The van der Waals surface area contributed by atoms with Crippen LogP contribution in [0.5, 0.6) is 0 Å². The van der Waals surface area contributed by atoms with Crippen LogP contribution in [0.2, 0.25) is 0 Å². The Hall–Kier alpha value is -0.120. The minimum Gasteiger partial charge on any atom is -0.389 e. The highest BCUT2D eigenvalue weighted by molar-refractivity contribution is 5.15. The molecule has 31 heavy (non-hydrogen) atoms. The molecule has 0 radical (unpaired) electrons.